The van der Waals surface area contributed by atoms with Crippen molar-refractivity contribution in [2.45, 2.75) is 66.0 Å². The van der Waals surface area contributed by atoms with Gasteiger partial charge < -0.3 is 19.5 Å². The minimum Gasteiger partial charge on any atom is -0.491 e. The van der Waals surface area contributed by atoms with Crippen molar-refractivity contribution in [3.05, 3.63) is 36.0 Å². The maximum atomic E-state index is 12.4. The van der Waals surface area contributed by atoms with Gasteiger partial charge in [-0.2, -0.15) is 0 Å². The summed E-state index contributed by atoms with van der Waals surface area (Å²) in [7, 11) is 1.27. The van der Waals surface area contributed by atoms with Crippen LogP contribution < -0.4 is 15.4 Å². The van der Waals surface area contributed by atoms with E-state index in [1.807, 2.05) is 52.8 Å². The molecule has 2 amide bonds. The molecular formula is C25H36N4O5. The summed E-state index contributed by atoms with van der Waals surface area (Å²) in [6, 6.07) is 7.44. The van der Waals surface area contributed by atoms with Crippen LogP contribution in [0.15, 0.2) is 30.5 Å². The second-order valence-corrected chi connectivity index (χ2v) is 9.94. The minimum absolute atomic E-state index is 0.153. The maximum absolute atomic E-state index is 12.4. The Balaban J connectivity index is 2.15. The Morgan fingerprint density at radius 2 is 1.79 bits per heavy atom. The molecule has 0 unspecified atom stereocenters. The third-order valence-corrected chi connectivity index (χ3v) is 4.73. The lowest BCUT2D eigenvalue weighted by Crippen LogP contribution is -2.52. The van der Waals surface area contributed by atoms with E-state index in [0.717, 1.165) is 17.5 Å². The molecule has 2 aromatic rings. The van der Waals surface area contributed by atoms with E-state index in [4.69, 9.17) is 9.47 Å². The highest BCUT2D eigenvalue weighted by molar-refractivity contribution is 5.82. The Kier molecular flexibility index (Phi) is 8.84. The molecule has 186 valence electrons. The van der Waals surface area contributed by atoms with Crippen LogP contribution in [0.5, 0.6) is 5.75 Å². The van der Waals surface area contributed by atoms with Gasteiger partial charge in [0.2, 0.25) is 5.95 Å². The van der Waals surface area contributed by atoms with Crippen LogP contribution in [0.1, 0.15) is 53.5 Å². The van der Waals surface area contributed by atoms with Crippen LogP contribution >= 0.6 is 0 Å². The van der Waals surface area contributed by atoms with Gasteiger partial charge in [-0.1, -0.05) is 13.8 Å². The summed E-state index contributed by atoms with van der Waals surface area (Å²) in [5.74, 6) is 1.20. The fourth-order valence-electron chi connectivity index (χ4n) is 3.53. The van der Waals surface area contributed by atoms with Crippen LogP contribution in [0.3, 0.4) is 0 Å². The number of nitrogens with one attached hydrogen (secondary N) is 2. The van der Waals surface area contributed by atoms with Crippen molar-refractivity contribution >= 4 is 18.1 Å². The van der Waals surface area contributed by atoms with E-state index < -0.39 is 23.3 Å². The Morgan fingerprint density at radius 3 is 2.38 bits per heavy atom. The van der Waals surface area contributed by atoms with Gasteiger partial charge in [0.25, 0.3) is 0 Å². The van der Waals surface area contributed by atoms with Crippen LogP contribution in [0.4, 0.5) is 15.5 Å². The van der Waals surface area contributed by atoms with E-state index in [1.165, 1.54) is 7.11 Å². The summed E-state index contributed by atoms with van der Waals surface area (Å²) in [4.78, 5) is 32.2. The molecule has 0 aliphatic rings. The molecule has 0 spiro atoms. The van der Waals surface area contributed by atoms with Crippen LogP contribution in [0, 0.1) is 12.8 Å². The van der Waals surface area contributed by atoms with E-state index in [1.54, 1.807) is 12.3 Å². The highest BCUT2D eigenvalue weighted by Crippen LogP contribution is 2.27. The number of aryl methyl sites for hydroxylation is 1. The zero-order valence-electron chi connectivity index (χ0n) is 21.3. The van der Waals surface area contributed by atoms with E-state index in [0.29, 0.717) is 17.4 Å². The van der Waals surface area contributed by atoms with Gasteiger partial charge in [0.1, 0.15) is 18.0 Å². The highest BCUT2D eigenvalue weighted by atomic mass is 16.6. The third-order valence-electron chi connectivity index (χ3n) is 4.73. The molecule has 0 fully saturated rings. The molecule has 1 heterocycles. The maximum Gasteiger partial charge on any atom is 0.413 e. The lowest BCUT2D eigenvalue weighted by Gasteiger charge is -2.33. The predicted octanol–water partition coefficient (Wildman–Crippen LogP) is 5.34. The number of hydrogen-bond acceptors (Lipinski definition) is 7. The number of nitrogens with zero attached hydrogens (tertiary/aromatic N) is 2. The molecular weight excluding hydrogens is 436 g/mol. The average molecular weight is 473 g/mol. The van der Waals surface area contributed by atoms with Crippen molar-refractivity contribution in [3.8, 4) is 17.0 Å². The van der Waals surface area contributed by atoms with Gasteiger partial charge in [-0.3, -0.25) is 5.32 Å². The van der Waals surface area contributed by atoms with E-state index in [-0.39, 0.29) is 12.6 Å². The molecule has 0 bridgehead atoms. The summed E-state index contributed by atoms with van der Waals surface area (Å²) in [6.45, 7) is 13.9. The number of amides is 2. The summed E-state index contributed by atoms with van der Waals surface area (Å²) >= 11 is 0. The number of rotatable bonds is 8. The molecule has 0 aliphatic carbocycles. The lowest BCUT2D eigenvalue weighted by molar-refractivity contribution is 0.0407. The second-order valence-electron chi connectivity index (χ2n) is 9.94. The standard InChI is InChI=1S/C25H36N4O5/c1-16(2)14-25(7,29-23(31)34-24(4,5)6)15-33-20-10-9-18(13-17(20)3)19-11-12-26-21(27-19)28-22(30)32-8/h9-13,16H,14-15H2,1-8H3,(H,29,31)(H,26,27,28,30)/t25-/m0/s1. The number of ether oxygens (including phenoxy) is 3. The molecule has 9 nitrogen and oxygen atoms in total. The van der Waals surface area contributed by atoms with Gasteiger partial charge in [-0.15, -0.1) is 0 Å². The van der Waals surface area contributed by atoms with Gasteiger partial charge in [0.05, 0.1) is 18.3 Å². The van der Waals surface area contributed by atoms with Crippen molar-refractivity contribution in [1.29, 1.82) is 0 Å². The first kappa shape index (κ1) is 26.9. The van der Waals surface area contributed by atoms with Crippen molar-refractivity contribution in [2.75, 3.05) is 19.0 Å². The predicted molar refractivity (Wildman–Crippen MR) is 131 cm³/mol. The first-order valence-electron chi connectivity index (χ1n) is 11.2. The molecule has 1 aromatic heterocycles. The van der Waals surface area contributed by atoms with Crippen LogP contribution in [-0.2, 0) is 9.47 Å². The molecule has 1 atom stereocenters. The number of carbonyl (C=O) groups is 2. The molecule has 1 aromatic carbocycles. The lowest BCUT2D eigenvalue weighted by atomic mass is 9.91. The molecule has 2 N–H and O–H groups in total. The van der Waals surface area contributed by atoms with Gasteiger partial charge in [-0.25, -0.2) is 19.6 Å². The number of benzene rings is 1. The Labute approximate surface area is 201 Å². The van der Waals surface area contributed by atoms with Gasteiger partial charge in [0, 0.05) is 11.8 Å². The molecule has 0 radical (unpaired) electrons. The SMILES string of the molecule is COC(=O)Nc1nccc(-c2ccc(OC[C@](C)(CC(C)C)NC(=O)OC(C)(C)C)c(C)c2)n1. The zero-order chi connectivity index (χ0) is 25.5. The average Bonchev–Trinajstić information content (AvgIpc) is 2.70. The molecule has 0 saturated carbocycles. The Bertz CT molecular complexity index is 1000. The fourth-order valence-corrected chi connectivity index (χ4v) is 3.53. The Hall–Kier alpha value is -3.36. The smallest absolute Gasteiger partial charge is 0.413 e. The number of hydrogen-bond donors (Lipinski definition) is 2. The summed E-state index contributed by atoms with van der Waals surface area (Å²) in [5, 5.41) is 5.44. The number of aromatic nitrogens is 2. The molecule has 0 saturated heterocycles. The van der Waals surface area contributed by atoms with Crippen molar-refractivity contribution in [2.24, 2.45) is 5.92 Å². The topological polar surface area (TPSA) is 112 Å². The largest absolute Gasteiger partial charge is 0.491 e. The van der Waals surface area contributed by atoms with Gasteiger partial charge in [0.15, 0.2) is 0 Å². The van der Waals surface area contributed by atoms with Crippen LogP contribution in [-0.4, -0.2) is 47.0 Å². The van der Waals surface area contributed by atoms with Gasteiger partial charge >= 0.3 is 12.2 Å². The summed E-state index contributed by atoms with van der Waals surface area (Å²) < 4.78 is 16.2. The zero-order valence-corrected chi connectivity index (χ0v) is 21.3. The first-order chi connectivity index (χ1) is 15.8. The second kappa shape index (κ2) is 11.2. The summed E-state index contributed by atoms with van der Waals surface area (Å²) in [6.07, 6.45) is 1.18. The van der Waals surface area contributed by atoms with Gasteiger partial charge in [-0.05, 0) is 76.8 Å². The van der Waals surface area contributed by atoms with E-state index >= 15 is 0 Å². The minimum atomic E-state index is -0.637. The molecule has 0 aliphatic heterocycles. The van der Waals surface area contributed by atoms with Crippen molar-refractivity contribution < 1.29 is 23.8 Å². The fraction of sp³-hybridized carbons (Fsp3) is 0.520. The van der Waals surface area contributed by atoms with Crippen LogP contribution in [0.25, 0.3) is 11.3 Å². The van der Waals surface area contributed by atoms with E-state index in [9.17, 15) is 9.59 Å². The first-order valence-corrected chi connectivity index (χ1v) is 11.2. The Morgan fingerprint density at radius 1 is 1.09 bits per heavy atom. The highest BCUT2D eigenvalue weighted by Gasteiger charge is 2.31. The molecule has 2 rings (SSSR count). The van der Waals surface area contributed by atoms with Crippen molar-refractivity contribution in [1.82, 2.24) is 15.3 Å². The van der Waals surface area contributed by atoms with Crippen LogP contribution in [0.2, 0.25) is 0 Å². The summed E-state index contributed by atoms with van der Waals surface area (Å²) in [5.41, 5.74) is 1.21. The number of methoxy groups -OCH3 is 1. The number of anilines is 1. The number of alkyl carbamates (subject to hydrolysis) is 1. The quantitative estimate of drug-likeness (QED) is 0.533. The third kappa shape index (κ3) is 8.53. The number of carbonyl (C=O) groups excluding carboxylic acids is 2. The monoisotopic (exact) mass is 472 g/mol. The molecule has 34 heavy (non-hydrogen) atoms. The normalized spacial score (nSPS) is 13.1. The van der Waals surface area contributed by atoms with Crippen molar-refractivity contribution in [3.63, 3.8) is 0 Å². The van der Waals surface area contributed by atoms with E-state index in [2.05, 4.69) is 39.2 Å². The molecule has 9 heteroatoms.